The SMILES string of the molecule is C/C=C/C=C\c1ccc(C#N)cc1. The lowest BCUT2D eigenvalue weighted by molar-refractivity contribution is 1.48. The van der Waals surface area contributed by atoms with Crippen LogP contribution in [0, 0.1) is 11.3 Å². The van der Waals surface area contributed by atoms with E-state index in [0.29, 0.717) is 5.56 Å². The molecule has 64 valence electrons. The minimum Gasteiger partial charge on any atom is -0.192 e. The molecule has 0 saturated heterocycles. The summed E-state index contributed by atoms with van der Waals surface area (Å²) in [6.07, 6.45) is 7.92. The van der Waals surface area contributed by atoms with Crippen LogP contribution in [0.3, 0.4) is 0 Å². The van der Waals surface area contributed by atoms with Gasteiger partial charge in [0, 0.05) is 0 Å². The highest BCUT2D eigenvalue weighted by atomic mass is 14.2. The normalized spacial score (nSPS) is 10.8. The van der Waals surface area contributed by atoms with Crippen molar-refractivity contribution >= 4 is 6.08 Å². The minimum atomic E-state index is 0.697. The minimum absolute atomic E-state index is 0.697. The first-order valence-electron chi connectivity index (χ1n) is 4.16. The van der Waals surface area contributed by atoms with E-state index in [2.05, 4.69) is 6.07 Å². The van der Waals surface area contributed by atoms with Crippen LogP contribution >= 0.6 is 0 Å². The Labute approximate surface area is 78.6 Å². The van der Waals surface area contributed by atoms with Crippen LogP contribution in [0.5, 0.6) is 0 Å². The Kier molecular flexibility index (Phi) is 3.53. The molecule has 1 aromatic carbocycles. The van der Waals surface area contributed by atoms with E-state index in [-0.39, 0.29) is 0 Å². The summed E-state index contributed by atoms with van der Waals surface area (Å²) in [6.45, 7) is 1.98. The second-order valence-corrected chi connectivity index (χ2v) is 2.62. The number of benzene rings is 1. The Morgan fingerprint density at radius 2 is 1.85 bits per heavy atom. The first-order valence-corrected chi connectivity index (χ1v) is 4.16. The molecule has 0 saturated carbocycles. The summed E-state index contributed by atoms with van der Waals surface area (Å²) < 4.78 is 0. The molecular formula is C12H11N. The van der Waals surface area contributed by atoms with Crippen molar-refractivity contribution in [2.75, 3.05) is 0 Å². The molecule has 0 aliphatic carbocycles. The number of hydrogen-bond donors (Lipinski definition) is 0. The Morgan fingerprint density at radius 1 is 1.15 bits per heavy atom. The molecular weight excluding hydrogens is 158 g/mol. The quantitative estimate of drug-likeness (QED) is 0.624. The number of nitrogens with zero attached hydrogens (tertiary/aromatic N) is 1. The largest absolute Gasteiger partial charge is 0.192 e. The highest BCUT2D eigenvalue weighted by Crippen LogP contribution is 2.04. The van der Waals surface area contributed by atoms with Crippen LogP contribution < -0.4 is 0 Å². The maximum atomic E-state index is 8.56. The summed E-state index contributed by atoms with van der Waals surface area (Å²) in [5.74, 6) is 0. The van der Waals surface area contributed by atoms with Crippen molar-refractivity contribution in [3.05, 3.63) is 53.6 Å². The average molecular weight is 169 g/mol. The van der Waals surface area contributed by atoms with Crippen molar-refractivity contribution in [2.45, 2.75) is 6.92 Å². The fraction of sp³-hybridized carbons (Fsp3) is 0.0833. The number of allylic oxidation sites excluding steroid dienone is 3. The van der Waals surface area contributed by atoms with E-state index in [4.69, 9.17) is 5.26 Å². The Morgan fingerprint density at radius 3 is 2.38 bits per heavy atom. The van der Waals surface area contributed by atoms with Crippen LogP contribution in [-0.4, -0.2) is 0 Å². The van der Waals surface area contributed by atoms with Crippen LogP contribution in [0.15, 0.2) is 42.5 Å². The van der Waals surface area contributed by atoms with Gasteiger partial charge in [0.2, 0.25) is 0 Å². The molecule has 13 heavy (non-hydrogen) atoms. The van der Waals surface area contributed by atoms with Crippen LogP contribution in [-0.2, 0) is 0 Å². The molecule has 0 N–H and O–H groups in total. The maximum absolute atomic E-state index is 8.56. The van der Waals surface area contributed by atoms with Gasteiger partial charge in [-0.05, 0) is 24.6 Å². The molecule has 0 radical (unpaired) electrons. The molecule has 1 heteroatoms. The first-order chi connectivity index (χ1) is 6.36. The molecule has 0 aliphatic heterocycles. The highest BCUT2D eigenvalue weighted by Gasteiger charge is 1.87. The Bertz CT molecular complexity index is 350. The zero-order valence-corrected chi connectivity index (χ0v) is 7.57. The van der Waals surface area contributed by atoms with E-state index >= 15 is 0 Å². The molecule has 0 bridgehead atoms. The summed E-state index contributed by atoms with van der Waals surface area (Å²) in [5.41, 5.74) is 1.81. The first kappa shape index (κ1) is 9.28. The third-order valence-electron chi connectivity index (χ3n) is 1.63. The van der Waals surface area contributed by atoms with Crippen molar-refractivity contribution in [3.63, 3.8) is 0 Å². The van der Waals surface area contributed by atoms with Crippen LogP contribution in [0.4, 0.5) is 0 Å². The Hall–Kier alpha value is -1.81. The second-order valence-electron chi connectivity index (χ2n) is 2.62. The Balaban J connectivity index is 2.76. The molecule has 0 fully saturated rings. The van der Waals surface area contributed by atoms with Gasteiger partial charge in [-0.15, -0.1) is 0 Å². The van der Waals surface area contributed by atoms with Crippen molar-refractivity contribution in [1.29, 1.82) is 5.26 Å². The van der Waals surface area contributed by atoms with Gasteiger partial charge in [-0.25, -0.2) is 0 Å². The molecule has 0 amide bonds. The molecule has 0 aromatic heterocycles. The zero-order valence-electron chi connectivity index (χ0n) is 7.57. The van der Waals surface area contributed by atoms with E-state index in [0.717, 1.165) is 5.56 Å². The fourth-order valence-electron chi connectivity index (χ4n) is 0.947. The van der Waals surface area contributed by atoms with Gasteiger partial charge >= 0.3 is 0 Å². The van der Waals surface area contributed by atoms with E-state index in [1.54, 1.807) is 0 Å². The van der Waals surface area contributed by atoms with Crippen molar-refractivity contribution in [3.8, 4) is 6.07 Å². The predicted molar refractivity (Wildman–Crippen MR) is 55.0 cm³/mol. The van der Waals surface area contributed by atoms with Gasteiger partial charge in [0.1, 0.15) is 0 Å². The molecule has 0 spiro atoms. The molecule has 1 nitrogen and oxygen atoms in total. The van der Waals surface area contributed by atoms with Gasteiger partial charge in [0.15, 0.2) is 0 Å². The topological polar surface area (TPSA) is 23.8 Å². The summed E-state index contributed by atoms with van der Waals surface area (Å²) in [6, 6.07) is 9.57. The average Bonchev–Trinajstić information content (AvgIpc) is 2.19. The number of hydrogen-bond acceptors (Lipinski definition) is 1. The van der Waals surface area contributed by atoms with Gasteiger partial charge in [-0.2, -0.15) is 5.26 Å². The van der Waals surface area contributed by atoms with E-state index in [9.17, 15) is 0 Å². The van der Waals surface area contributed by atoms with Gasteiger partial charge in [0.25, 0.3) is 0 Å². The second kappa shape index (κ2) is 4.95. The molecule has 0 aliphatic rings. The lowest BCUT2D eigenvalue weighted by Gasteiger charge is -1.91. The smallest absolute Gasteiger partial charge is 0.0991 e. The van der Waals surface area contributed by atoms with Gasteiger partial charge < -0.3 is 0 Å². The summed E-state index contributed by atoms with van der Waals surface area (Å²) in [7, 11) is 0. The van der Waals surface area contributed by atoms with Gasteiger partial charge in [-0.3, -0.25) is 0 Å². The van der Waals surface area contributed by atoms with Crippen molar-refractivity contribution in [1.82, 2.24) is 0 Å². The third-order valence-corrected chi connectivity index (χ3v) is 1.63. The standard InChI is InChI=1S/C12H11N/c1-2-3-4-5-11-6-8-12(10-13)9-7-11/h2-9H,1H3/b3-2+,5-4-. The van der Waals surface area contributed by atoms with Crippen LogP contribution in [0.25, 0.3) is 6.08 Å². The van der Waals surface area contributed by atoms with Gasteiger partial charge in [-0.1, -0.05) is 36.4 Å². The maximum Gasteiger partial charge on any atom is 0.0991 e. The van der Waals surface area contributed by atoms with Gasteiger partial charge in [0.05, 0.1) is 11.6 Å². The molecule has 1 rings (SSSR count). The third kappa shape index (κ3) is 2.96. The van der Waals surface area contributed by atoms with Crippen molar-refractivity contribution in [2.24, 2.45) is 0 Å². The van der Waals surface area contributed by atoms with Crippen molar-refractivity contribution < 1.29 is 0 Å². The summed E-state index contributed by atoms with van der Waals surface area (Å²) in [5, 5.41) is 8.56. The highest BCUT2D eigenvalue weighted by molar-refractivity contribution is 5.52. The lowest BCUT2D eigenvalue weighted by atomic mass is 10.1. The fourth-order valence-corrected chi connectivity index (χ4v) is 0.947. The van der Waals surface area contributed by atoms with E-state index in [1.807, 2.05) is 55.5 Å². The van der Waals surface area contributed by atoms with E-state index < -0.39 is 0 Å². The lowest BCUT2D eigenvalue weighted by Crippen LogP contribution is -1.74. The van der Waals surface area contributed by atoms with Crippen LogP contribution in [0.2, 0.25) is 0 Å². The summed E-state index contributed by atoms with van der Waals surface area (Å²) in [4.78, 5) is 0. The zero-order chi connectivity index (χ0) is 9.52. The number of rotatable bonds is 2. The van der Waals surface area contributed by atoms with Crippen LogP contribution in [0.1, 0.15) is 18.1 Å². The molecule has 1 aromatic rings. The summed E-state index contributed by atoms with van der Waals surface area (Å²) >= 11 is 0. The van der Waals surface area contributed by atoms with E-state index in [1.165, 1.54) is 0 Å². The monoisotopic (exact) mass is 169 g/mol. The molecule has 0 heterocycles. The number of nitriles is 1. The predicted octanol–water partition coefficient (Wildman–Crippen LogP) is 3.15. The molecule has 0 unspecified atom stereocenters. The molecule has 0 atom stereocenters.